The van der Waals surface area contributed by atoms with Gasteiger partial charge in [-0.3, -0.25) is 9.69 Å². The Bertz CT molecular complexity index is 985. The van der Waals surface area contributed by atoms with Gasteiger partial charge in [-0.25, -0.2) is 4.39 Å². The zero-order chi connectivity index (χ0) is 20.8. The molecular weight excluding hydrogens is 379 g/mol. The molecule has 4 nitrogen and oxygen atoms in total. The van der Waals surface area contributed by atoms with Crippen LogP contribution in [0.15, 0.2) is 66.7 Å². The van der Waals surface area contributed by atoms with Gasteiger partial charge in [-0.1, -0.05) is 48.5 Å². The first kappa shape index (κ1) is 20.4. The smallest absolute Gasteiger partial charge is 0.224 e. The van der Waals surface area contributed by atoms with Gasteiger partial charge in [-0.2, -0.15) is 0 Å². The molecule has 0 spiro atoms. The summed E-state index contributed by atoms with van der Waals surface area (Å²) in [6.07, 6.45) is 1.89. The summed E-state index contributed by atoms with van der Waals surface area (Å²) < 4.78 is 19.0. The lowest BCUT2D eigenvalue weighted by atomic mass is 9.96. The summed E-state index contributed by atoms with van der Waals surface area (Å²) in [7, 11) is 0. The molecule has 1 aliphatic rings. The fraction of sp³-hybridized carbons (Fsp3) is 0.320. The Balaban J connectivity index is 1.24. The Kier molecular flexibility index (Phi) is 6.60. The van der Waals surface area contributed by atoms with E-state index in [1.807, 2.05) is 42.5 Å². The maximum Gasteiger partial charge on any atom is 0.224 e. The van der Waals surface area contributed by atoms with Crippen molar-refractivity contribution in [1.29, 1.82) is 0 Å². The maximum absolute atomic E-state index is 13.1. The van der Waals surface area contributed by atoms with E-state index in [-0.39, 0.29) is 17.6 Å². The molecule has 30 heavy (non-hydrogen) atoms. The van der Waals surface area contributed by atoms with E-state index in [2.05, 4.69) is 22.3 Å². The summed E-state index contributed by atoms with van der Waals surface area (Å²) in [4.78, 5) is 14.9. The Morgan fingerprint density at radius 3 is 2.73 bits per heavy atom. The van der Waals surface area contributed by atoms with E-state index in [1.165, 1.54) is 12.1 Å². The van der Waals surface area contributed by atoms with Crippen LogP contribution in [0, 0.1) is 11.7 Å². The maximum atomic E-state index is 13.1. The van der Waals surface area contributed by atoms with Crippen LogP contribution in [0.3, 0.4) is 0 Å². The Morgan fingerprint density at radius 2 is 1.87 bits per heavy atom. The molecule has 0 bridgehead atoms. The number of likely N-dealkylation sites (tertiary alicyclic amines) is 1. The number of fused-ring (bicyclic) bond motifs is 1. The Hall–Kier alpha value is -2.92. The first-order chi connectivity index (χ1) is 14.7. The molecule has 156 valence electrons. The molecule has 1 saturated heterocycles. The minimum Gasteiger partial charge on any atom is -0.491 e. The number of carbonyl (C=O) groups is 1. The van der Waals surface area contributed by atoms with Crippen LogP contribution >= 0.6 is 0 Å². The van der Waals surface area contributed by atoms with Crippen molar-refractivity contribution >= 4 is 16.7 Å². The molecule has 3 aromatic rings. The highest BCUT2D eigenvalue weighted by atomic mass is 19.1. The highest BCUT2D eigenvalue weighted by molar-refractivity contribution is 5.88. The molecular formula is C25H27FN2O2. The molecule has 4 rings (SSSR count). The molecule has 0 radical (unpaired) electrons. The van der Waals surface area contributed by atoms with Crippen LogP contribution in [-0.2, 0) is 11.3 Å². The van der Waals surface area contributed by atoms with Crippen LogP contribution in [-0.4, -0.2) is 37.0 Å². The first-order valence-corrected chi connectivity index (χ1v) is 10.5. The van der Waals surface area contributed by atoms with Crippen LogP contribution in [0.5, 0.6) is 5.75 Å². The quantitative estimate of drug-likeness (QED) is 0.592. The molecule has 1 heterocycles. The summed E-state index contributed by atoms with van der Waals surface area (Å²) in [5, 5.41) is 5.24. The number of rotatable bonds is 7. The molecule has 1 atom stereocenters. The topological polar surface area (TPSA) is 41.6 Å². The van der Waals surface area contributed by atoms with Crippen LogP contribution < -0.4 is 10.1 Å². The van der Waals surface area contributed by atoms with E-state index >= 15 is 0 Å². The molecule has 1 N–H and O–H groups in total. The highest BCUT2D eigenvalue weighted by Gasteiger charge is 2.25. The molecule has 3 aromatic carbocycles. The minimum absolute atomic E-state index is 0.0169. The fourth-order valence-corrected chi connectivity index (χ4v) is 4.06. The second-order valence-electron chi connectivity index (χ2n) is 7.82. The van der Waals surface area contributed by atoms with Crippen LogP contribution in [0.1, 0.15) is 18.4 Å². The number of nitrogens with one attached hydrogen (secondary N) is 1. The lowest BCUT2D eigenvalue weighted by molar-refractivity contribution is -0.126. The third kappa shape index (κ3) is 5.16. The van der Waals surface area contributed by atoms with Crippen molar-refractivity contribution in [3.05, 3.63) is 78.1 Å². The summed E-state index contributed by atoms with van der Waals surface area (Å²) in [5.74, 6) is 0.683. The number of carbonyl (C=O) groups excluding carboxylic acids is 1. The highest BCUT2D eigenvalue weighted by Crippen LogP contribution is 2.25. The summed E-state index contributed by atoms with van der Waals surface area (Å²) >= 11 is 0. The fourth-order valence-electron chi connectivity index (χ4n) is 4.06. The number of hydrogen-bond acceptors (Lipinski definition) is 3. The van der Waals surface area contributed by atoms with Crippen molar-refractivity contribution in [2.45, 2.75) is 19.4 Å². The zero-order valence-corrected chi connectivity index (χ0v) is 17.0. The van der Waals surface area contributed by atoms with Gasteiger partial charge < -0.3 is 10.1 Å². The zero-order valence-electron chi connectivity index (χ0n) is 17.0. The van der Waals surface area contributed by atoms with Gasteiger partial charge in [-0.05, 0) is 48.5 Å². The van der Waals surface area contributed by atoms with Gasteiger partial charge >= 0.3 is 0 Å². The van der Waals surface area contributed by atoms with E-state index in [0.29, 0.717) is 13.2 Å². The predicted octanol–water partition coefficient (Wildman–Crippen LogP) is 4.39. The monoisotopic (exact) mass is 406 g/mol. The Labute approximate surface area is 176 Å². The molecule has 1 amide bonds. The van der Waals surface area contributed by atoms with Gasteiger partial charge in [-0.15, -0.1) is 0 Å². The van der Waals surface area contributed by atoms with Gasteiger partial charge in [0, 0.05) is 18.5 Å². The van der Waals surface area contributed by atoms with Gasteiger partial charge in [0.25, 0.3) is 0 Å². The van der Waals surface area contributed by atoms with E-state index in [0.717, 1.165) is 54.6 Å². The lowest BCUT2D eigenvalue weighted by Crippen LogP contribution is -2.43. The van der Waals surface area contributed by atoms with E-state index < -0.39 is 0 Å². The van der Waals surface area contributed by atoms with E-state index in [9.17, 15) is 9.18 Å². The first-order valence-electron chi connectivity index (χ1n) is 10.5. The second kappa shape index (κ2) is 9.72. The molecule has 0 saturated carbocycles. The third-order valence-electron chi connectivity index (χ3n) is 5.60. The minimum atomic E-state index is -0.222. The van der Waals surface area contributed by atoms with Crippen molar-refractivity contribution in [1.82, 2.24) is 10.2 Å². The summed E-state index contributed by atoms with van der Waals surface area (Å²) in [6, 6.07) is 20.7. The van der Waals surface area contributed by atoms with Crippen molar-refractivity contribution in [3.63, 3.8) is 0 Å². The number of hydrogen-bond donors (Lipinski definition) is 1. The molecule has 1 unspecified atom stereocenters. The van der Waals surface area contributed by atoms with Crippen LogP contribution in [0.25, 0.3) is 10.8 Å². The Morgan fingerprint density at radius 1 is 1.07 bits per heavy atom. The predicted molar refractivity (Wildman–Crippen MR) is 117 cm³/mol. The average molecular weight is 407 g/mol. The van der Waals surface area contributed by atoms with E-state index in [4.69, 9.17) is 4.74 Å². The second-order valence-corrected chi connectivity index (χ2v) is 7.82. The van der Waals surface area contributed by atoms with Gasteiger partial charge in [0.2, 0.25) is 5.91 Å². The van der Waals surface area contributed by atoms with Crippen LogP contribution in [0.4, 0.5) is 4.39 Å². The SMILES string of the molecule is O=C(NCCOc1cccc2ccccc12)C1CCCN(Cc2ccc(F)cc2)C1. The number of ether oxygens (including phenoxy) is 1. The standard InChI is InChI=1S/C25H27FN2O2/c26-22-12-10-19(11-13-22)17-28-15-4-7-21(18-28)25(29)27-14-16-30-24-9-3-6-20-5-1-2-8-23(20)24/h1-3,5-6,8-13,21H,4,7,14-18H2,(H,27,29). The molecule has 1 aliphatic heterocycles. The van der Waals surface area contributed by atoms with Gasteiger partial charge in [0.05, 0.1) is 12.5 Å². The summed E-state index contributed by atoms with van der Waals surface area (Å²) in [6.45, 7) is 3.36. The third-order valence-corrected chi connectivity index (χ3v) is 5.60. The molecule has 1 fully saturated rings. The number of amides is 1. The molecule has 0 aliphatic carbocycles. The number of halogens is 1. The van der Waals surface area contributed by atoms with Crippen LogP contribution in [0.2, 0.25) is 0 Å². The van der Waals surface area contributed by atoms with Gasteiger partial charge in [0.15, 0.2) is 0 Å². The van der Waals surface area contributed by atoms with Crippen molar-refractivity contribution < 1.29 is 13.9 Å². The summed E-state index contributed by atoms with van der Waals surface area (Å²) in [5.41, 5.74) is 1.07. The lowest BCUT2D eigenvalue weighted by Gasteiger charge is -2.32. The largest absolute Gasteiger partial charge is 0.491 e. The average Bonchev–Trinajstić information content (AvgIpc) is 2.78. The van der Waals surface area contributed by atoms with Crippen molar-refractivity contribution in [3.8, 4) is 5.75 Å². The number of piperidine rings is 1. The van der Waals surface area contributed by atoms with Crippen molar-refractivity contribution in [2.75, 3.05) is 26.2 Å². The molecule has 0 aromatic heterocycles. The number of benzene rings is 3. The molecule has 5 heteroatoms. The van der Waals surface area contributed by atoms with Gasteiger partial charge in [0.1, 0.15) is 18.2 Å². The van der Waals surface area contributed by atoms with E-state index in [1.54, 1.807) is 0 Å². The normalized spacial score (nSPS) is 17.0. The van der Waals surface area contributed by atoms with Crippen molar-refractivity contribution in [2.24, 2.45) is 5.92 Å². The number of nitrogens with zero attached hydrogens (tertiary/aromatic N) is 1.